The van der Waals surface area contributed by atoms with E-state index in [1.165, 1.54) is 65.5 Å². The van der Waals surface area contributed by atoms with Gasteiger partial charge < -0.3 is 4.81 Å². The average molecular weight is 586 g/mol. The van der Waals surface area contributed by atoms with Gasteiger partial charge in [-0.2, -0.15) is 10.0 Å². The first-order valence-corrected chi connectivity index (χ1v) is 17.9. The Morgan fingerprint density at radius 1 is 0.477 bits per heavy atom. The van der Waals surface area contributed by atoms with Gasteiger partial charge in [0.15, 0.2) is 0 Å². The first kappa shape index (κ1) is 27.1. The zero-order valence-corrected chi connectivity index (χ0v) is 26.6. The molecular weight excluding hydrogens is 549 g/mol. The van der Waals surface area contributed by atoms with Crippen molar-refractivity contribution in [2.24, 2.45) is 0 Å². The Labute approximate surface area is 263 Å². The molecule has 0 spiro atoms. The maximum atomic E-state index is 2.73. The van der Waals surface area contributed by atoms with Crippen molar-refractivity contribution in [3.63, 3.8) is 0 Å². The van der Waals surface area contributed by atoms with E-state index in [4.69, 9.17) is 0 Å². The average Bonchev–Trinajstić information content (AvgIpc) is 3.07. The molecule has 0 aliphatic carbocycles. The van der Waals surface area contributed by atoms with Gasteiger partial charge >= 0.3 is 6.85 Å². The molecule has 2 heterocycles. The lowest BCUT2D eigenvalue weighted by Crippen LogP contribution is -2.60. The zero-order chi connectivity index (χ0) is 30.1. The van der Waals surface area contributed by atoms with Crippen LogP contribution in [0.5, 0.6) is 0 Å². The smallest absolute Gasteiger partial charge is 0.330 e. The number of hydrogen-bond donors (Lipinski definition) is 0. The molecule has 0 unspecified atom stereocenters. The normalized spacial score (nSPS) is 16.3. The summed E-state index contributed by atoms with van der Waals surface area (Å²) >= 11 is 0. The van der Waals surface area contributed by atoms with E-state index in [0.29, 0.717) is 0 Å². The summed E-state index contributed by atoms with van der Waals surface area (Å²) in [5, 5.41) is 0. The number of para-hydroxylation sites is 2. The monoisotopic (exact) mass is 585 g/mol. The van der Waals surface area contributed by atoms with Crippen LogP contribution in [0.15, 0.2) is 155 Å². The Morgan fingerprint density at radius 2 is 0.886 bits per heavy atom. The third-order valence-electron chi connectivity index (χ3n) is 9.86. The molecule has 3 heteroatoms. The van der Waals surface area contributed by atoms with Crippen LogP contribution in [0.1, 0.15) is 25.0 Å². The number of rotatable bonds is 3. The highest BCUT2D eigenvalue weighted by Gasteiger charge is 2.47. The maximum absolute atomic E-state index is 2.73. The molecule has 0 saturated heterocycles. The van der Waals surface area contributed by atoms with Gasteiger partial charge in [0.2, 0.25) is 0 Å². The third kappa shape index (κ3) is 3.89. The Hall–Kier alpha value is -4.47. The van der Waals surface area contributed by atoms with Crippen LogP contribution in [0.25, 0.3) is 22.3 Å². The summed E-state index contributed by atoms with van der Waals surface area (Å²) in [5.41, 5.74) is 13.0. The molecule has 6 aromatic rings. The van der Waals surface area contributed by atoms with E-state index >= 15 is 0 Å². The minimum absolute atomic E-state index is 0.0197. The zero-order valence-electron chi connectivity index (χ0n) is 25.8. The van der Waals surface area contributed by atoms with Crippen LogP contribution >= 0.6 is 10.0 Å². The second-order valence-corrected chi connectivity index (χ2v) is 16.5. The molecule has 214 valence electrons. The molecule has 0 fully saturated rings. The molecule has 0 aromatic heterocycles. The van der Waals surface area contributed by atoms with Crippen molar-refractivity contribution in [2.45, 2.75) is 29.1 Å². The van der Waals surface area contributed by atoms with Crippen LogP contribution in [0, 0.1) is 0 Å². The van der Waals surface area contributed by atoms with E-state index in [2.05, 4.69) is 177 Å². The topological polar surface area (TPSA) is 3.24 Å². The van der Waals surface area contributed by atoms with Crippen LogP contribution in [-0.4, -0.2) is 19.4 Å². The number of benzene rings is 6. The maximum Gasteiger partial charge on any atom is 0.330 e. The second kappa shape index (κ2) is 10.0. The second-order valence-electron chi connectivity index (χ2n) is 12.9. The molecule has 1 nitrogen and oxygen atoms in total. The van der Waals surface area contributed by atoms with Gasteiger partial charge in [0.25, 0.3) is 0 Å². The third-order valence-corrected chi connectivity index (χ3v) is 12.8. The van der Waals surface area contributed by atoms with E-state index in [1.807, 2.05) is 0 Å². The molecule has 0 N–H and O–H groups in total. The summed E-state index contributed by atoms with van der Waals surface area (Å²) in [6.45, 7) is 4.83. The number of anilines is 2. The summed E-state index contributed by atoms with van der Waals surface area (Å²) in [6.07, 6.45) is 4.93. The molecule has 8 rings (SSSR count). The van der Waals surface area contributed by atoms with Crippen LogP contribution in [0.3, 0.4) is 0 Å². The molecular formula is C41H36BNS. The SMILES string of the molecule is CC1(C)c2cccc(-c3ccccc3)c2N(B2c3ccccc3S(C)(C)c3ccccc32)c2c(-c3ccccc3)cccc21. The highest BCUT2D eigenvalue weighted by Crippen LogP contribution is 2.59. The minimum Gasteiger partial charge on any atom is -0.375 e. The van der Waals surface area contributed by atoms with Gasteiger partial charge in [-0.1, -0.05) is 159 Å². The largest absolute Gasteiger partial charge is 0.375 e. The van der Waals surface area contributed by atoms with Crippen molar-refractivity contribution < 1.29 is 0 Å². The molecule has 0 atom stereocenters. The Bertz CT molecular complexity index is 1890. The number of hydrogen-bond acceptors (Lipinski definition) is 1. The summed E-state index contributed by atoms with van der Waals surface area (Å²) in [5.74, 6) is 0. The first-order chi connectivity index (χ1) is 21.4. The fourth-order valence-electron chi connectivity index (χ4n) is 7.74. The van der Waals surface area contributed by atoms with Crippen molar-refractivity contribution in [1.82, 2.24) is 0 Å². The molecule has 44 heavy (non-hydrogen) atoms. The van der Waals surface area contributed by atoms with Crippen molar-refractivity contribution in [2.75, 3.05) is 17.3 Å². The number of nitrogens with zero attached hydrogens (tertiary/aromatic N) is 1. The first-order valence-electron chi connectivity index (χ1n) is 15.5. The van der Waals surface area contributed by atoms with Crippen molar-refractivity contribution in [1.29, 1.82) is 0 Å². The van der Waals surface area contributed by atoms with Crippen molar-refractivity contribution in [3.8, 4) is 22.3 Å². The predicted octanol–water partition coefficient (Wildman–Crippen LogP) is 9.40. The van der Waals surface area contributed by atoms with Gasteiger partial charge in [0.1, 0.15) is 0 Å². The van der Waals surface area contributed by atoms with Crippen LogP contribution in [0.2, 0.25) is 0 Å². The summed E-state index contributed by atoms with van der Waals surface area (Å²) < 4.78 is 0. The minimum atomic E-state index is -1.20. The van der Waals surface area contributed by atoms with Gasteiger partial charge in [-0.15, -0.1) is 0 Å². The lowest BCUT2D eigenvalue weighted by Gasteiger charge is -2.50. The van der Waals surface area contributed by atoms with E-state index in [9.17, 15) is 0 Å². The highest BCUT2D eigenvalue weighted by molar-refractivity contribution is 8.33. The molecule has 0 radical (unpaired) electrons. The molecule has 2 aliphatic rings. The Kier molecular flexibility index (Phi) is 6.19. The van der Waals surface area contributed by atoms with Gasteiger partial charge in [-0.25, -0.2) is 0 Å². The molecule has 6 aromatic carbocycles. The van der Waals surface area contributed by atoms with Crippen LogP contribution in [-0.2, 0) is 5.41 Å². The predicted molar refractivity (Wildman–Crippen MR) is 192 cm³/mol. The number of fused-ring (bicyclic) bond motifs is 4. The van der Waals surface area contributed by atoms with Crippen LogP contribution in [0.4, 0.5) is 11.4 Å². The van der Waals surface area contributed by atoms with Gasteiger partial charge in [-0.05, 0) is 55.5 Å². The summed E-state index contributed by atoms with van der Waals surface area (Å²) in [7, 11) is -1.20. The van der Waals surface area contributed by atoms with Gasteiger partial charge in [0.05, 0.1) is 0 Å². The van der Waals surface area contributed by atoms with E-state index < -0.39 is 10.0 Å². The quantitative estimate of drug-likeness (QED) is 0.187. The highest BCUT2D eigenvalue weighted by atomic mass is 32.3. The Balaban J connectivity index is 1.54. The van der Waals surface area contributed by atoms with Crippen molar-refractivity contribution in [3.05, 3.63) is 157 Å². The fourth-order valence-corrected chi connectivity index (χ4v) is 10.3. The fraction of sp³-hybridized carbons (Fsp3) is 0.122. The van der Waals surface area contributed by atoms with E-state index in [1.54, 1.807) is 0 Å². The summed E-state index contributed by atoms with van der Waals surface area (Å²) in [4.78, 5) is 5.68. The lowest BCUT2D eigenvalue weighted by molar-refractivity contribution is 0.634. The molecule has 0 bridgehead atoms. The lowest BCUT2D eigenvalue weighted by atomic mass is 9.47. The summed E-state index contributed by atoms with van der Waals surface area (Å²) in [6, 6.07) is 54.3. The molecule has 0 amide bonds. The Morgan fingerprint density at radius 3 is 1.34 bits per heavy atom. The van der Waals surface area contributed by atoms with Crippen LogP contribution < -0.4 is 15.7 Å². The van der Waals surface area contributed by atoms with Crippen molar-refractivity contribution >= 4 is 39.2 Å². The standard InChI is InChI=1S/C41H36BNS/c1-41(2)33-23-15-21-31(29-17-7-5-8-18-29)39(33)43(40-32(22-16-24-34(40)41)30-19-9-6-10-20-30)42-35-25-11-13-27-37(35)44(3,4)38-28-14-12-26-36(38)42/h5-28H,1-4H3. The molecule has 0 saturated carbocycles. The molecule has 2 aliphatic heterocycles. The van der Waals surface area contributed by atoms with Gasteiger partial charge in [0, 0.05) is 27.9 Å². The van der Waals surface area contributed by atoms with E-state index in [-0.39, 0.29) is 12.3 Å². The van der Waals surface area contributed by atoms with E-state index in [0.717, 1.165) is 0 Å². The van der Waals surface area contributed by atoms with Gasteiger partial charge in [-0.3, -0.25) is 0 Å².